The Morgan fingerprint density at radius 1 is 1.03 bits per heavy atom. The summed E-state index contributed by atoms with van der Waals surface area (Å²) >= 11 is 6.28. The van der Waals surface area contributed by atoms with Gasteiger partial charge >= 0.3 is 0 Å². The average molecular weight is 504 g/mol. The first kappa shape index (κ1) is 25.0. The molecule has 1 aromatic heterocycles. The van der Waals surface area contributed by atoms with Crippen LogP contribution in [0.5, 0.6) is 0 Å². The van der Waals surface area contributed by atoms with Crippen LogP contribution in [0.2, 0.25) is 5.02 Å². The lowest BCUT2D eigenvalue weighted by Gasteiger charge is -2.17. The van der Waals surface area contributed by atoms with E-state index in [1.807, 2.05) is 0 Å². The molecule has 1 heterocycles. The Morgan fingerprint density at radius 2 is 1.75 bits per heavy atom. The summed E-state index contributed by atoms with van der Waals surface area (Å²) in [5, 5.41) is 16.3. The Bertz CT molecular complexity index is 1490. The second-order valence-corrected chi connectivity index (χ2v) is 8.57. The lowest BCUT2D eigenvalue weighted by molar-refractivity contribution is 0.0915. The van der Waals surface area contributed by atoms with Crippen molar-refractivity contribution in [2.24, 2.45) is 0 Å². The maximum absolute atomic E-state index is 13.5. The molecule has 0 aliphatic heterocycles. The molecule has 0 saturated carbocycles. The van der Waals surface area contributed by atoms with Gasteiger partial charge in [0.05, 0.1) is 23.2 Å². The number of rotatable bonds is 6. The number of fused-ring (bicyclic) bond motifs is 1. The molecule has 2 amide bonds. The highest BCUT2D eigenvalue weighted by atomic mass is 35.5. The van der Waals surface area contributed by atoms with Crippen LogP contribution in [-0.2, 0) is 6.42 Å². The van der Waals surface area contributed by atoms with Gasteiger partial charge in [-0.25, -0.2) is 4.39 Å². The van der Waals surface area contributed by atoms with Gasteiger partial charge < -0.3 is 20.7 Å². The van der Waals surface area contributed by atoms with Gasteiger partial charge in [-0.1, -0.05) is 23.4 Å². The van der Waals surface area contributed by atoms with Crippen molar-refractivity contribution in [3.05, 3.63) is 106 Å². The molecule has 1 unspecified atom stereocenters. The molecule has 4 rings (SSSR count). The van der Waals surface area contributed by atoms with E-state index in [9.17, 15) is 19.1 Å². The lowest BCUT2D eigenvalue weighted by Crippen LogP contribution is -2.39. The van der Waals surface area contributed by atoms with Crippen molar-refractivity contribution < 1.29 is 19.1 Å². The maximum atomic E-state index is 13.5. The molecule has 1 atom stereocenters. The maximum Gasteiger partial charge on any atom is 0.253 e. The Hall–Kier alpha value is -4.12. The molecule has 4 N–H and O–H groups in total. The van der Waals surface area contributed by atoms with Crippen LogP contribution >= 0.6 is 11.6 Å². The zero-order valence-corrected chi connectivity index (χ0v) is 20.1. The van der Waals surface area contributed by atoms with Crippen molar-refractivity contribution in [2.45, 2.75) is 12.5 Å². The third-order valence-corrected chi connectivity index (χ3v) is 6.02. The predicted molar refractivity (Wildman–Crippen MR) is 138 cm³/mol. The van der Waals surface area contributed by atoms with E-state index in [0.29, 0.717) is 28.6 Å². The van der Waals surface area contributed by atoms with E-state index in [0.717, 1.165) is 10.9 Å². The molecule has 8 heteroatoms. The van der Waals surface area contributed by atoms with Gasteiger partial charge in [0.15, 0.2) is 0 Å². The summed E-state index contributed by atoms with van der Waals surface area (Å²) in [7, 11) is 1.57. The molecule has 0 spiro atoms. The zero-order chi connectivity index (χ0) is 25.7. The molecular weight excluding hydrogens is 481 g/mol. The number of hydrogen-bond acceptors (Lipinski definition) is 3. The number of halogens is 2. The average Bonchev–Trinajstić information content (AvgIpc) is 3.28. The van der Waals surface area contributed by atoms with Crippen molar-refractivity contribution in [1.82, 2.24) is 15.6 Å². The quantitative estimate of drug-likeness (QED) is 0.299. The largest absolute Gasteiger partial charge is 0.394 e. The van der Waals surface area contributed by atoms with Crippen molar-refractivity contribution in [3.8, 4) is 11.8 Å². The summed E-state index contributed by atoms with van der Waals surface area (Å²) in [6.45, 7) is -0.289. The van der Waals surface area contributed by atoms with Crippen LogP contribution in [0.4, 0.5) is 4.39 Å². The Kier molecular flexibility index (Phi) is 7.69. The summed E-state index contributed by atoms with van der Waals surface area (Å²) in [5.41, 5.74) is 3.55. The van der Waals surface area contributed by atoms with Crippen LogP contribution < -0.4 is 10.6 Å². The number of H-pyrrole nitrogens is 1. The summed E-state index contributed by atoms with van der Waals surface area (Å²) in [6.07, 6.45) is 2.08. The van der Waals surface area contributed by atoms with E-state index in [1.54, 1.807) is 61.8 Å². The van der Waals surface area contributed by atoms with E-state index in [4.69, 9.17) is 11.6 Å². The highest BCUT2D eigenvalue weighted by Gasteiger charge is 2.18. The standard InChI is InChI=1S/C28H23ClFN3O3/c1-31-27(35)19-7-4-17(5-8-19)2-3-18-6-11-25(29)24(12-18)28(36)33-22(16-34)13-20-15-32-26-14-21(30)9-10-23(20)26/h4-12,14-15,22,32,34H,13,16H2,1H3,(H,31,35)(H,33,36). The third kappa shape index (κ3) is 5.74. The molecule has 0 aliphatic rings. The zero-order valence-electron chi connectivity index (χ0n) is 19.4. The predicted octanol–water partition coefficient (Wildman–Crippen LogP) is 4.05. The first-order chi connectivity index (χ1) is 17.4. The Balaban J connectivity index is 1.48. The number of hydrogen-bond donors (Lipinski definition) is 4. The van der Waals surface area contributed by atoms with Crippen LogP contribution in [0.15, 0.2) is 66.9 Å². The third-order valence-electron chi connectivity index (χ3n) is 5.69. The number of aliphatic hydroxyl groups is 1. The molecule has 0 radical (unpaired) electrons. The number of carbonyl (C=O) groups is 2. The topological polar surface area (TPSA) is 94.2 Å². The fourth-order valence-electron chi connectivity index (χ4n) is 3.79. The van der Waals surface area contributed by atoms with E-state index in [2.05, 4.69) is 27.5 Å². The smallest absolute Gasteiger partial charge is 0.253 e. The fraction of sp³-hybridized carbons (Fsp3) is 0.143. The Labute approximate surface area is 212 Å². The van der Waals surface area contributed by atoms with Gasteiger partial charge in [0, 0.05) is 40.8 Å². The highest BCUT2D eigenvalue weighted by Crippen LogP contribution is 2.22. The van der Waals surface area contributed by atoms with E-state index in [1.165, 1.54) is 12.1 Å². The molecule has 4 aromatic rings. The van der Waals surface area contributed by atoms with Gasteiger partial charge in [-0.15, -0.1) is 0 Å². The molecule has 36 heavy (non-hydrogen) atoms. The van der Waals surface area contributed by atoms with Gasteiger partial charge in [-0.3, -0.25) is 9.59 Å². The van der Waals surface area contributed by atoms with Crippen LogP contribution in [0.25, 0.3) is 10.9 Å². The van der Waals surface area contributed by atoms with Gasteiger partial charge in [0.2, 0.25) is 0 Å². The van der Waals surface area contributed by atoms with Gasteiger partial charge in [0.1, 0.15) is 5.82 Å². The highest BCUT2D eigenvalue weighted by molar-refractivity contribution is 6.33. The molecule has 0 aliphatic carbocycles. The van der Waals surface area contributed by atoms with Crippen molar-refractivity contribution >= 4 is 34.3 Å². The normalized spacial score (nSPS) is 11.4. The summed E-state index contributed by atoms with van der Waals surface area (Å²) in [6, 6.07) is 15.6. The number of aromatic amines is 1. The SMILES string of the molecule is CNC(=O)c1ccc(C#Cc2ccc(Cl)c(C(=O)NC(CO)Cc3c[nH]c4cc(F)ccc34)c2)cc1. The monoisotopic (exact) mass is 503 g/mol. The van der Waals surface area contributed by atoms with Gasteiger partial charge in [-0.05, 0) is 72.6 Å². The molecule has 6 nitrogen and oxygen atoms in total. The minimum Gasteiger partial charge on any atom is -0.394 e. The van der Waals surface area contributed by atoms with Crippen molar-refractivity contribution in [1.29, 1.82) is 0 Å². The number of carbonyl (C=O) groups excluding carboxylic acids is 2. The van der Waals surface area contributed by atoms with Crippen LogP contribution in [-0.4, -0.2) is 41.6 Å². The molecule has 0 saturated heterocycles. The summed E-state index contributed by atoms with van der Waals surface area (Å²) in [4.78, 5) is 27.7. The molecule has 0 fully saturated rings. The number of aliphatic hydroxyl groups excluding tert-OH is 1. The summed E-state index contributed by atoms with van der Waals surface area (Å²) < 4.78 is 13.5. The van der Waals surface area contributed by atoms with Crippen LogP contribution in [0.3, 0.4) is 0 Å². The Morgan fingerprint density at radius 3 is 2.47 bits per heavy atom. The minimum absolute atomic E-state index is 0.178. The number of nitrogens with one attached hydrogen (secondary N) is 3. The van der Waals surface area contributed by atoms with E-state index >= 15 is 0 Å². The van der Waals surface area contributed by atoms with Gasteiger partial charge in [0.25, 0.3) is 11.8 Å². The molecule has 3 aromatic carbocycles. The first-order valence-corrected chi connectivity index (χ1v) is 11.6. The van der Waals surface area contributed by atoms with Crippen LogP contribution in [0.1, 0.15) is 37.4 Å². The second kappa shape index (κ2) is 11.1. The number of aromatic nitrogens is 1. The molecular formula is C28H23ClFN3O3. The molecule has 182 valence electrons. The second-order valence-electron chi connectivity index (χ2n) is 8.16. The molecule has 0 bridgehead atoms. The summed E-state index contributed by atoms with van der Waals surface area (Å²) in [5.74, 6) is 5.04. The van der Waals surface area contributed by atoms with Crippen LogP contribution in [0, 0.1) is 17.7 Å². The first-order valence-electron chi connectivity index (χ1n) is 11.2. The van der Waals surface area contributed by atoms with Crippen molar-refractivity contribution in [2.75, 3.05) is 13.7 Å². The van der Waals surface area contributed by atoms with E-state index in [-0.39, 0.29) is 28.9 Å². The van der Waals surface area contributed by atoms with E-state index < -0.39 is 11.9 Å². The lowest BCUT2D eigenvalue weighted by atomic mass is 10.0. The van der Waals surface area contributed by atoms with Crippen molar-refractivity contribution in [3.63, 3.8) is 0 Å². The number of amides is 2. The van der Waals surface area contributed by atoms with Gasteiger partial charge in [-0.2, -0.15) is 0 Å². The fourth-order valence-corrected chi connectivity index (χ4v) is 3.99. The number of benzene rings is 3. The minimum atomic E-state index is -0.578.